The van der Waals surface area contributed by atoms with Crippen LogP contribution in [-0.4, -0.2) is 142 Å². The second-order valence-corrected chi connectivity index (χ2v) is 21.4. The number of piperidine rings is 2. The van der Waals surface area contributed by atoms with Gasteiger partial charge in [0.05, 0.1) is 23.2 Å². The van der Waals surface area contributed by atoms with E-state index in [0.717, 1.165) is 77.8 Å². The van der Waals surface area contributed by atoms with Crippen molar-refractivity contribution >= 4 is 51.0 Å². The van der Waals surface area contributed by atoms with Crippen LogP contribution in [0.5, 0.6) is 11.8 Å². The number of nitrogens with zero attached hydrogens (tertiary/aromatic N) is 8. The highest BCUT2D eigenvalue weighted by Crippen LogP contribution is 2.47. The maximum atomic E-state index is 17.0. The van der Waals surface area contributed by atoms with Crippen molar-refractivity contribution in [3.05, 3.63) is 77.0 Å². The fourth-order valence-electron chi connectivity index (χ4n) is 11.9. The minimum atomic E-state index is -2.52. The lowest BCUT2D eigenvalue weighted by Gasteiger charge is -2.47. The van der Waals surface area contributed by atoms with Gasteiger partial charge in [0, 0.05) is 117 Å². The summed E-state index contributed by atoms with van der Waals surface area (Å²) in [5.41, 5.74) is -0.619. The number of anilines is 2. The molecule has 3 N–H and O–H groups in total. The Balaban J connectivity index is 0.729. The number of pyridine rings is 1. The minimum Gasteiger partial charge on any atom is -0.508 e. The fourth-order valence-corrected chi connectivity index (χ4v) is 11.9. The molecule has 2 atom stereocenters. The largest absolute Gasteiger partial charge is 0.508 e. The number of carbonyl (C=O) groups excluding carboxylic acids is 3. The van der Waals surface area contributed by atoms with Crippen LogP contribution in [0.3, 0.4) is 0 Å². The topological polar surface area (TPSA) is 168 Å². The molecule has 73 heavy (non-hydrogen) atoms. The summed E-state index contributed by atoms with van der Waals surface area (Å²) in [5, 5.41) is 24.9. The van der Waals surface area contributed by atoms with E-state index >= 15 is 8.78 Å². The molecule has 4 amide bonds. The van der Waals surface area contributed by atoms with Crippen molar-refractivity contribution in [2.24, 2.45) is 17.3 Å². The third kappa shape index (κ3) is 10.5. The molecular formula is C56H65F2N9O6. The zero-order valence-electron chi connectivity index (χ0n) is 44.6. The summed E-state index contributed by atoms with van der Waals surface area (Å²) in [4.78, 5) is 62.2. The number of phenols is 1. The molecule has 0 unspecified atom stereocenters. The van der Waals surface area contributed by atoms with Gasteiger partial charge in [0.15, 0.2) is 5.82 Å². The van der Waals surface area contributed by atoms with Crippen molar-refractivity contribution in [1.82, 2.24) is 35.0 Å². The van der Waals surface area contributed by atoms with Crippen LogP contribution >= 0.6 is 0 Å². The highest BCUT2D eigenvalue weighted by Gasteiger charge is 2.40. The summed E-state index contributed by atoms with van der Waals surface area (Å²) < 4.78 is 62.5. The Morgan fingerprint density at radius 2 is 1.75 bits per heavy atom. The van der Waals surface area contributed by atoms with Crippen molar-refractivity contribution in [3.8, 4) is 35.4 Å². The molecule has 1 spiro atoms. The van der Waals surface area contributed by atoms with Crippen LogP contribution in [0, 0.1) is 48.1 Å². The van der Waals surface area contributed by atoms with Crippen molar-refractivity contribution in [2.45, 2.75) is 84.1 Å². The molecule has 1 saturated carbocycles. The van der Waals surface area contributed by atoms with Crippen LogP contribution in [0.1, 0.15) is 97.2 Å². The average Bonchev–Trinajstić information content (AvgIpc) is 3.47. The number of benzene rings is 3. The SMILES string of the molecule is [2H]C([2H])([2H])c1ccc(C(=O)N2CCC3(CCC(CN4CCN(C[C@@H](C)COc5nc(N6CCC[C@@](C)(O)C6)c6cnc(-c7cc(O)cc8ccc(F)c(C#C)c78)c(F)c6n5)CC4)CC3)CC2)cc1N1CCC(=O)NC1=O. The molecule has 384 valence electrons. The number of aliphatic hydroxyl groups is 1. The number of halogens is 2. The number of urea groups is 1. The van der Waals surface area contributed by atoms with E-state index in [4.69, 9.17) is 20.3 Å². The second-order valence-electron chi connectivity index (χ2n) is 21.4. The molecular weight excluding hydrogens is 933 g/mol. The number of imide groups is 1. The molecule has 3 aromatic carbocycles. The minimum absolute atomic E-state index is 0.0227. The van der Waals surface area contributed by atoms with E-state index < -0.39 is 36.0 Å². The number of fused-ring (bicyclic) bond motifs is 2. The molecule has 5 fully saturated rings. The highest BCUT2D eigenvalue weighted by atomic mass is 19.1. The van der Waals surface area contributed by atoms with Crippen LogP contribution in [0.15, 0.2) is 48.7 Å². The molecule has 6 heterocycles. The molecule has 5 aromatic rings. The summed E-state index contributed by atoms with van der Waals surface area (Å²) >= 11 is 0. The first-order chi connectivity index (χ1) is 36.3. The van der Waals surface area contributed by atoms with Gasteiger partial charge in [-0.3, -0.25) is 24.8 Å². The number of ether oxygens (including phenoxy) is 1. The van der Waals surface area contributed by atoms with Gasteiger partial charge in [-0.15, -0.1) is 6.42 Å². The third-order valence-electron chi connectivity index (χ3n) is 16.0. The van der Waals surface area contributed by atoms with Crippen LogP contribution in [0.2, 0.25) is 0 Å². The molecule has 15 nitrogen and oxygen atoms in total. The smallest absolute Gasteiger partial charge is 0.328 e. The number of aryl methyl sites for hydroxylation is 1. The molecule has 17 heteroatoms. The Morgan fingerprint density at radius 3 is 2.48 bits per heavy atom. The number of carbonyl (C=O) groups is 3. The maximum absolute atomic E-state index is 17.0. The van der Waals surface area contributed by atoms with Crippen molar-refractivity contribution in [3.63, 3.8) is 0 Å². The lowest BCUT2D eigenvalue weighted by Crippen LogP contribution is -2.50. The Hall–Kier alpha value is -6.48. The maximum Gasteiger partial charge on any atom is 0.328 e. The molecule has 0 radical (unpaired) electrons. The predicted octanol–water partition coefficient (Wildman–Crippen LogP) is 7.66. The first kappa shape index (κ1) is 46.3. The standard InChI is InChI=1S/C56H65F2N9O6/c1-5-41-44(57)10-9-38-27-40(68)29-42(47(38)41)49-48(58)50-43(30-59-49)51(66-19-6-14-55(4,72)34-66)62-53(61-50)73-33-35(2)31-63-23-25-64(26-24-63)32-37-11-15-56(16-12-37)17-21-65(22-18-56)52(70)39-8-7-36(3)45(28-39)67-20-13-46(69)60-54(67)71/h1,7-10,27-30,35,37,68,72H,6,11-26,31-34H2,2-4H3,(H,60,69,71)/t35-,55-/m1/s1/i3D3. The van der Waals surface area contributed by atoms with Crippen LogP contribution < -0.4 is 19.9 Å². The van der Waals surface area contributed by atoms with Crippen LogP contribution in [0.4, 0.5) is 25.1 Å². The van der Waals surface area contributed by atoms with E-state index in [0.29, 0.717) is 60.5 Å². The van der Waals surface area contributed by atoms with Gasteiger partial charge in [-0.1, -0.05) is 25.0 Å². The van der Waals surface area contributed by atoms with E-state index in [1.54, 1.807) is 6.92 Å². The number of β-amino-alcohol motifs (C(OH)–C–C–N with tert-alkyl or cyclic N) is 1. The molecule has 5 aliphatic rings. The van der Waals surface area contributed by atoms with Gasteiger partial charge in [0.2, 0.25) is 5.91 Å². The van der Waals surface area contributed by atoms with Crippen molar-refractivity contribution < 1.29 is 42.2 Å². The van der Waals surface area contributed by atoms with E-state index in [1.807, 2.05) is 9.80 Å². The first-order valence-corrected chi connectivity index (χ1v) is 25.7. The predicted molar refractivity (Wildman–Crippen MR) is 276 cm³/mol. The molecule has 2 aromatic heterocycles. The molecule has 4 saturated heterocycles. The zero-order valence-corrected chi connectivity index (χ0v) is 41.6. The summed E-state index contributed by atoms with van der Waals surface area (Å²) in [6.45, 7) is 9.26. The number of hydrogen-bond acceptors (Lipinski definition) is 12. The molecule has 1 aliphatic carbocycles. The van der Waals surface area contributed by atoms with Gasteiger partial charge in [-0.25, -0.2) is 13.6 Å². The van der Waals surface area contributed by atoms with Gasteiger partial charge in [-0.05, 0) is 118 Å². The number of amides is 4. The van der Waals surface area contributed by atoms with E-state index in [1.165, 1.54) is 53.6 Å². The normalized spacial score (nSPS) is 22.5. The highest BCUT2D eigenvalue weighted by molar-refractivity contribution is 6.07. The van der Waals surface area contributed by atoms with E-state index in [9.17, 15) is 24.6 Å². The summed E-state index contributed by atoms with van der Waals surface area (Å²) in [7, 11) is 0. The average molecular weight is 1000 g/mol. The Morgan fingerprint density at radius 1 is 0.986 bits per heavy atom. The van der Waals surface area contributed by atoms with E-state index in [2.05, 4.69) is 37.9 Å². The summed E-state index contributed by atoms with van der Waals surface area (Å²) in [6.07, 6.45) is 14.8. The molecule has 0 bridgehead atoms. The Kier molecular flexibility index (Phi) is 13.0. The number of nitrogens with one attached hydrogen (secondary N) is 1. The summed E-state index contributed by atoms with van der Waals surface area (Å²) in [5.74, 6) is 1.17. The number of hydrogen-bond donors (Lipinski definition) is 3. The van der Waals surface area contributed by atoms with Gasteiger partial charge in [-0.2, -0.15) is 9.97 Å². The molecule has 4 aliphatic heterocycles. The van der Waals surface area contributed by atoms with Gasteiger partial charge in [0.1, 0.15) is 28.6 Å². The number of terminal acetylenes is 1. The van der Waals surface area contributed by atoms with Crippen LogP contribution in [0.25, 0.3) is 32.9 Å². The summed E-state index contributed by atoms with van der Waals surface area (Å²) in [6, 6.07) is 9.11. The lowest BCUT2D eigenvalue weighted by atomic mass is 9.65. The number of phenolic OH excluding ortho intramolecular Hbond substituents is 1. The van der Waals surface area contributed by atoms with Crippen molar-refractivity contribution in [2.75, 3.05) is 88.4 Å². The monoisotopic (exact) mass is 1000 g/mol. The van der Waals surface area contributed by atoms with Gasteiger partial charge >= 0.3 is 12.0 Å². The Labute approximate surface area is 429 Å². The third-order valence-corrected chi connectivity index (χ3v) is 16.0. The fraction of sp³-hybridized carbons (Fsp3) is 0.500. The number of aromatic hydroxyl groups is 1. The quantitative estimate of drug-likeness (QED) is 0.111. The molecule has 10 rings (SSSR count). The number of likely N-dealkylation sites (tertiary alicyclic amines) is 1. The van der Waals surface area contributed by atoms with Crippen molar-refractivity contribution in [1.29, 1.82) is 0 Å². The zero-order chi connectivity index (χ0) is 53.7. The second kappa shape index (κ2) is 20.4. The number of rotatable bonds is 11. The number of aromatic nitrogens is 3. The van der Waals surface area contributed by atoms with Crippen LogP contribution in [-0.2, 0) is 4.79 Å². The first-order valence-electron chi connectivity index (χ1n) is 27.2. The van der Waals surface area contributed by atoms with E-state index in [-0.39, 0.29) is 94.1 Å². The van der Waals surface area contributed by atoms with Gasteiger partial charge in [0.25, 0.3) is 5.91 Å². The lowest BCUT2D eigenvalue weighted by molar-refractivity contribution is -0.120. The number of piperazine rings is 1. The van der Waals surface area contributed by atoms with Gasteiger partial charge < -0.3 is 34.5 Å². The Bertz CT molecular complexity index is 3110.